The Hall–Kier alpha value is -1.81. The zero-order valence-electron chi connectivity index (χ0n) is 12.1. The molecular weight excluding hydrogens is 274 g/mol. The first-order chi connectivity index (χ1) is 9.40. The van der Waals surface area contributed by atoms with Crippen molar-refractivity contribution in [1.82, 2.24) is 9.97 Å². The van der Waals surface area contributed by atoms with Gasteiger partial charge in [0.1, 0.15) is 22.5 Å². The molecule has 1 aromatic carbocycles. The number of hydrogen-bond acceptors (Lipinski definition) is 4. The van der Waals surface area contributed by atoms with Crippen LogP contribution in [0.2, 0.25) is 5.15 Å². The molecule has 0 amide bonds. The summed E-state index contributed by atoms with van der Waals surface area (Å²) >= 11 is 6.07. The highest BCUT2D eigenvalue weighted by Gasteiger charge is 2.19. The van der Waals surface area contributed by atoms with Crippen molar-refractivity contribution in [2.45, 2.75) is 26.2 Å². The summed E-state index contributed by atoms with van der Waals surface area (Å²) < 4.78 is 5.31. The van der Waals surface area contributed by atoms with E-state index in [2.05, 4.69) is 15.3 Å². The Balaban J connectivity index is 2.36. The van der Waals surface area contributed by atoms with E-state index in [1.165, 1.54) is 0 Å². The number of aromatic nitrogens is 2. The Morgan fingerprint density at radius 1 is 1.15 bits per heavy atom. The lowest BCUT2D eigenvalue weighted by Crippen LogP contribution is -2.16. The van der Waals surface area contributed by atoms with Crippen LogP contribution >= 0.6 is 11.6 Å². The van der Waals surface area contributed by atoms with E-state index in [0.717, 1.165) is 11.4 Å². The van der Waals surface area contributed by atoms with Crippen LogP contribution in [0, 0.1) is 0 Å². The lowest BCUT2D eigenvalue weighted by molar-refractivity contribution is 0.417. The molecule has 0 radical (unpaired) electrons. The van der Waals surface area contributed by atoms with Gasteiger partial charge in [-0.2, -0.15) is 0 Å². The fourth-order valence-corrected chi connectivity index (χ4v) is 1.89. The Kier molecular flexibility index (Phi) is 4.14. The maximum Gasteiger partial charge on any atom is 0.142 e. The van der Waals surface area contributed by atoms with E-state index in [1.54, 1.807) is 13.2 Å². The second kappa shape index (κ2) is 5.67. The van der Waals surface area contributed by atoms with Gasteiger partial charge in [-0.3, -0.25) is 0 Å². The Morgan fingerprint density at radius 3 is 2.50 bits per heavy atom. The first-order valence-corrected chi connectivity index (χ1v) is 6.73. The second-order valence-corrected chi connectivity index (χ2v) is 5.86. The van der Waals surface area contributed by atoms with Crippen molar-refractivity contribution in [2.24, 2.45) is 0 Å². The minimum atomic E-state index is -0.165. The van der Waals surface area contributed by atoms with Crippen molar-refractivity contribution >= 4 is 23.1 Å². The van der Waals surface area contributed by atoms with Gasteiger partial charge in [-0.15, -0.1) is 0 Å². The maximum absolute atomic E-state index is 6.07. The summed E-state index contributed by atoms with van der Waals surface area (Å²) in [5.41, 5.74) is 0.673. The van der Waals surface area contributed by atoms with Crippen LogP contribution in [0.1, 0.15) is 26.6 Å². The number of ether oxygens (including phenoxy) is 1. The van der Waals surface area contributed by atoms with Crippen molar-refractivity contribution in [1.29, 1.82) is 0 Å². The van der Waals surface area contributed by atoms with Gasteiger partial charge in [-0.25, -0.2) is 9.97 Å². The fraction of sp³-hybridized carbons (Fsp3) is 0.333. The van der Waals surface area contributed by atoms with E-state index >= 15 is 0 Å². The molecule has 0 aliphatic heterocycles. The number of benzene rings is 1. The van der Waals surface area contributed by atoms with Crippen LogP contribution in [0.3, 0.4) is 0 Å². The molecular formula is C15H18ClN3O. The summed E-state index contributed by atoms with van der Waals surface area (Å²) in [6, 6.07) is 9.35. The summed E-state index contributed by atoms with van der Waals surface area (Å²) in [4.78, 5) is 8.79. The van der Waals surface area contributed by atoms with Crippen LogP contribution in [0.4, 0.5) is 11.5 Å². The number of nitrogens with one attached hydrogen (secondary N) is 1. The van der Waals surface area contributed by atoms with Gasteiger partial charge in [0, 0.05) is 11.5 Å². The molecule has 0 fully saturated rings. The number of anilines is 2. The first kappa shape index (κ1) is 14.6. The molecule has 20 heavy (non-hydrogen) atoms. The predicted molar refractivity (Wildman–Crippen MR) is 82.0 cm³/mol. The quantitative estimate of drug-likeness (QED) is 0.862. The number of hydrogen-bond donors (Lipinski definition) is 1. The lowest BCUT2D eigenvalue weighted by Gasteiger charge is -2.18. The summed E-state index contributed by atoms with van der Waals surface area (Å²) in [7, 11) is 1.63. The highest BCUT2D eigenvalue weighted by Crippen LogP contribution is 2.28. The van der Waals surface area contributed by atoms with E-state index < -0.39 is 0 Å². The number of rotatable bonds is 3. The number of nitrogens with zero attached hydrogens (tertiary/aromatic N) is 2. The van der Waals surface area contributed by atoms with Crippen LogP contribution in [-0.4, -0.2) is 17.1 Å². The SMILES string of the molecule is COc1ccccc1Nc1cc(Cl)nc(C(C)(C)C)n1. The average molecular weight is 292 g/mol. The molecule has 0 spiro atoms. The summed E-state index contributed by atoms with van der Waals surface area (Å²) in [6.07, 6.45) is 0. The first-order valence-electron chi connectivity index (χ1n) is 6.35. The standard InChI is InChI=1S/C15H18ClN3O/c1-15(2,3)14-18-12(16)9-13(19-14)17-10-7-5-6-8-11(10)20-4/h5-9H,1-4H3,(H,17,18,19). The molecule has 0 aliphatic rings. The van der Waals surface area contributed by atoms with E-state index in [4.69, 9.17) is 16.3 Å². The predicted octanol–water partition coefficient (Wildman–Crippen LogP) is 4.18. The van der Waals surface area contributed by atoms with Crippen LogP contribution in [0.25, 0.3) is 0 Å². The second-order valence-electron chi connectivity index (χ2n) is 5.47. The molecule has 0 aliphatic carbocycles. The van der Waals surface area contributed by atoms with Crippen molar-refractivity contribution in [3.8, 4) is 5.75 Å². The molecule has 2 aromatic rings. The molecule has 5 heteroatoms. The molecule has 0 saturated heterocycles. The number of halogens is 1. The minimum Gasteiger partial charge on any atom is -0.495 e. The number of methoxy groups -OCH3 is 1. The molecule has 4 nitrogen and oxygen atoms in total. The van der Waals surface area contributed by atoms with Crippen LogP contribution in [0.15, 0.2) is 30.3 Å². The molecule has 0 unspecified atom stereocenters. The summed E-state index contributed by atoms with van der Waals surface area (Å²) in [6.45, 7) is 6.14. The van der Waals surface area contributed by atoms with Crippen molar-refractivity contribution in [2.75, 3.05) is 12.4 Å². The molecule has 1 N–H and O–H groups in total. The highest BCUT2D eigenvalue weighted by molar-refractivity contribution is 6.29. The van der Waals surface area contributed by atoms with Crippen LogP contribution in [0.5, 0.6) is 5.75 Å². The van der Waals surface area contributed by atoms with Crippen molar-refractivity contribution < 1.29 is 4.74 Å². The van der Waals surface area contributed by atoms with Crippen LogP contribution in [-0.2, 0) is 5.41 Å². The molecule has 2 rings (SSSR count). The van der Waals surface area contributed by atoms with Gasteiger partial charge in [-0.1, -0.05) is 44.5 Å². The third kappa shape index (κ3) is 3.39. The zero-order chi connectivity index (χ0) is 14.8. The lowest BCUT2D eigenvalue weighted by atomic mass is 9.96. The van der Waals surface area contributed by atoms with Gasteiger partial charge < -0.3 is 10.1 Å². The third-order valence-corrected chi connectivity index (χ3v) is 2.93. The largest absolute Gasteiger partial charge is 0.495 e. The van der Waals surface area contributed by atoms with Gasteiger partial charge >= 0.3 is 0 Å². The van der Waals surface area contributed by atoms with E-state index in [9.17, 15) is 0 Å². The van der Waals surface area contributed by atoms with Crippen molar-refractivity contribution in [3.63, 3.8) is 0 Å². The maximum atomic E-state index is 6.07. The fourth-order valence-electron chi connectivity index (χ4n) is 1.70. The molecule has 1 heterocycles. The van der Waals surface area contributed by atoms with Gasteiger partial charge in [0.05, 0.1) is 12.8 Å². The molecule has 0 bridgehead atoms. The monoisotopic (exact) mass is 291 g/mol. The number of para-hydroxylation sites is 2. The smallest absolute Gasteiger partial charge is 0.142 e. The summed E-state index contributed by atoms with van der Waals surface area (Å²) in [5, 5.41) is 3.64. The average Bonchev–Trinajstić information content (AvgIpc) is 2.37. The molecule has 1 aromatic heterocycles. The van der Waals surface area contributed by atoms with Crippen molar-refractivity contribution in [3.05, 3.63) is 41.3 Å². The molecule has 0 atom stereocenters. The Bertz CT molecular complexity index is 608. The van der Waals surface area contributed by atoms with E-state index in [0.29, 0.717) is 16.8 Å². The zero-order valence-corrected chi connectivity index (χ0v) is 12.8. The van der Waals surface area contributed by atoms with Crippen LogP contribution < -0.4 is 10.1 Å². The normalized spacial score (nSPS) is 11.2. The molecule has 0 saturated carbocycles. The third-order valence-electron chi connectivity index (χ3n) is 2.74. The topological polar surface area (TPSA) is 47.0 Å². The van der Waals surface area contributed by atoms with E-state index in [1.807, 2.05) is 45.0 Å². The summed E-state index contributed by atoms with van der Waals surface area (Å²) in [5.74, 6) is 2.10. The minimum absolute atomic E-state index is 0.165. The highest BCUT2D eigenvalue weighted by atomic mass is 35.5. The van der Waals surface area contributed by atoms with Gasteiger partial charge in [0.2, 0.25) is 0 Å². The van der Waals surface area contributed by atoms with Gasteiger partial charge in [-0.05, 0) is 12.1 Å². The van der Waals surface area contributed by atoms with Gasteiger partial charge in [0.15, 0.2) is 0 Å². The Labute approximate surface area is 124 Å². The Morgan fingerprint density at radius 2 is 1.85 bits per heavy atom. The van der Waals surface area contributed by atoms with E-state index in [-0.39, 0.29) is 5.41 Å². The van der Waals surface area contributed by atoms with Gasteiger partial charge in [0.25, 0.3) is 0 Å². The molecule has 106 valence electrons.